The number of nitrogens with two attached hydrogens (primary N) is 1. The Hall–Kier alpha value is -1.75. The van der Waals surface area contributed by atoms with Gasteiger partial charge in [0.15, 0.2) is 5.84 Å². The van der Waals surface area contributed by atoms with Gasteiger partial charge in [0.05, 0.1) is 0 Å². The standard InChI is InChI=1S/C15H25N3O2/c1-15(2,3)11-18(4)9-10-20-13-7-5-12(6-8-13)14(16)17-19/h5-8,19H,9-11H2,1-4H3,(H2,16,17). The molecule has 0 atom stereocenters. The fraction of sp³-hybridized carbons (Fsp3) is 0.533. The number of oxime groups is 1. The lowest BCUT2D eigenvalue weighted by atomic mass is 9.96. The zero-order chi connectivity index (χ0) is 15.2. The summed E-state index contributed by atoms with van der Waals surface area (Å²) >= 11 is 0. The van der Waals surface area contributed by atoms with Crippen LogP contribution in [0.3, 0.4) is 0 Å². The van der Waals surface area contributed by atoms with Gasteiger partial charge in [-0.1, -0.05) is 25.9 Å². The molecular weight excluding hydrogens is 254 g/mol. The number of likely N-dealkylation sites (N-methyl/N-ethyl adjacent to an activating group) is 1. The van der Waals surface area contributed by atoms with Gasteiger partial charge in [-0.05, 0) is 36.7 Å². The van der Waals surface area contributed by atoms with Gasteiger partial charge in [0, 0.05) is 18.7 Å². The molecule has 0 amide bonds. The third-order valence-corrected chi connectivity index (χ3v) is 2.74. The molecule has 0 unspecified atom stereocenters. The van der Waals surface area contributed by atoms with Crippen molar-refractivity contribution in [2.24, 2.45) is 16.3 Å². The third kappa shape index (κ3) is 5.93. The van der Waals surface area contributed by atoms with E-state index in [-0.39, 0.29) is 11.3 Å². The highest BCUT2D eigenvalue weighted by Crippen LogP contribution is 2.15. The predicted octanol–water partition coefficient (Wildman–Crippen LogP) is 2.14. The number of hydrogen-bond acceptors (Lipinski definition) is 4. The van der Waals surface area contributed by atoms with Crippen LogP contribution < -0.4 is 10.5 Å². The largest absolute Gasteiger partial charge is 0.492 e. The molecule has 0 saturated carbocycles. The Morgan fingerprint density at radius 3 is 2.40 bits per heavy atom. The van der Waals surface area contributed by atoms with E-state index in [0.717, 1.165) is 18.8 Å². The van der Waals surface area contributed by atoms with Gasteiger partial charge in [-0.25, -0.2) is 0 Å². The van der Waals surface area contributed by atoms with E-state index >= 15 is 0 Å². The van der Waals surface area contributed by atoms with E-state index in [9.17, 15) is 0 Å². The van der Waals surface area contributed by atoms with Crippen LogP contribution in [0.2, 0.25) is 0 Å². The number of rotatable bonds is 6. The molecule has 0 aromatic heterocycles. The Kier molecular flexibility index (Phi) is 5.82. The van der Waals surface area contributed by atoms with Crippen LogP contribution in [-0.4, -0.2) is 42.7 Å². The molecule has 1 aromatic rings. The molecule has 0 spiro atoms. The van der Waals surface area contributed by atoms with Gasteiger partial charge in [0.1, 0.15) is 12.4 Å². The van der Waals surface area contributed by atoms with Gasteiger partial charge in [-0.15, -0.1) is 0 Å². The maximum absolute atomic E-state index is 8.58. The Balaban J connectivity index is 2.39. The molecule has 112 valence electrons. The topological polar surface area (TPSA) is 71.1 Å². The van der Waals surface area contributed by atoms with Crippen LogP contribution in [0.5, 0.6) is 5.75 Å². The van der Waals surface area contributed by atoms with Crippen LogP contribution >= 0.6 is 0 Å². The number of benzene rings is 1. The number of ether oxygens (including phenoxy) is 1. The summed E-state index contributed by atoms with van der Waals surface area (Å²) < 4.78 is 5.67. The van der Waals surface area contributed by atoms with Crippen LogP contribution in [0.25, 0.3) is 0 Å². The molecule has 0 radical (unpaired) electrons. The van der Waals surface area contributed by atoms with Gasteiger partial charge in [-0.3, -0.25) is 0 Å². The van der Waals surface area contributed by atoms with Crippen molar-refractivity contribution >= 4 is 5.84 Å². The van der Waals surface area contributed by atoms with Gasteiger partial charge < -0.3 is 20.6 Å². The monoisotopic (exact) mass is 279 g/mol. The summed E-state index contributed by atoms with van der Waals surface area (Å²) in [6.07, 6.45) is 0. The van der Waals surface area contributed by atoms with Crippen molar-refractivity contribution in [1.29, 1.82) is 0 Å². The highest BCUT2D eigenvalue weighted by atomic mass is 16.5. The smallest absolute Gasteiger partial charge is 0.170 e. The molecule has 0 fully saturated rings. The van der Waals surface area contributed by atoms with Crippen LogP contribution in [0, 0.1) is 5.41 Å². The number of nitrogens with zero attached hydrogens (tertiary/aromatic N) is 2. The summed E-state index contributed by atoms with van der Waals surface area (Å²) in [6, 6.07) is 7.17. The molecule has 0 aliphatic carbocycles. The second-order valence-corrected chi connectivity index (χ2v) is 6.16. The predicted molar refractivity (Wildman–Crippen MR) is 81.4 cm³/mol. The second kappa shape index (κ2) is 7.14. The molecule has 5 nitrogen and oxygen atoms in total. The van der Waals surface area contributed by atoms with Crippen molar-refractivity contribution in [3.05, 3.63) is 29.8 Å². The Labute approximate surface area is 121 Å². The minimum absolute atomic E-state index is 0.0986. The molecule has 0 saturated heterocycles. The highest BCUT2D eigenvalue weighted by molar-refractivity contribution is 5.97. The highest BCUT2D eigenvalue weighted by Gasteiger charge is 2.13. The summed E-state index contributed by atoms with van der Waals surface area (Å²) in [5, 5.41) is 11.5. The zero-order valence-corrected chi connectivity index (χ0v) is 12.8. The van der Waals surface area contributed by atoms with E-state index in [2.05, 4.69) is 37.9 Å². The maximum atomic E-state index is 8.58. The molecule has 0 bridgehead atoms. The van der Waals surface area contributed by atoms with Crippen molar-refractivity contribution in [2.45, 2.75) is 20.8 Å². The minimum atomic E-state index is 0.0986. The van der Waals surface area contributed by atoms with Crippen LogP contribution in [-0.2, 0) is 0 Å². The molecule has 5 heteroatoms. The van der Waals surface area contributed by atoms with Crippen LogP contribution in [0.4, 0.5) is 0 Å². The van der Waals surface area contributed by atoms with E-state index in [0.29, 0.717) is 12.2 Å². The van der Waals surface area contributed by atoms with Crippen molar-refractivity contribution in [1.82, 2.24) is 4.90 Å². The first-order valence-corrected chi connectivity index (χ1v) is 6.71. The van der Waals surface area contributed by atoms with Gasteiger partial charge in [0.25, 0.3) is 0 Å². The van der Waals surface area contributed by atoms with Crippen LogP contribution in [0.1, 0.15) is 26.3 Å². The summed E-state index contributed by atoms with van der Waals surface area (Å²) in [6.45, 7) is 9.19. The average Bonchev–Trinajstić information content (AvgIpc) is 2.36. The fourth-order valence-electron chi connectivity index (χ4n) is 1.99. The summed E-state index contributed by atoms with van der Waals surface area (Å²) in [5.41, 5.74) is 6.46. The average molecular weight is 279 g/mol. The lowest BCUT2D eigenvalue weighted by Crippen LogP contribution is -2.32. The van der Waals surface area contributed by atoms with E-state index in [1.54, 1.807) is 12.1 Å². The van der Waals surface area contributed by atoms with Gasteiger partial charge in [0.2, 0.25) is 0 Å². The normalized spacial score (nSPS) is 12.8. The van der Waals surface area contributed by atoms with Crippen molar-refractivity contribution in [2.75, 3.05) is 26.7 Å². The minimum Gasteiger partial charge on any atom is -0.492 e. The van der Waals surface area contributed by atoms with Crippen molar-refractivity contribution in [3.8, 4) is 5.75 Å². The molecule has 1 rings (SSSR count). The number of hydrogen-bond donors (Lipinski definition) is 2. The fourth-order valence-corrected chi connectivity index (χ4v) is 1.99. The van der Waals surface area contributed by atoms with E-state index < -0.39 is 0 Å². The molecule has 1 aromatic carbocycles. The SMILES string of the molecule is CN(CCOc1ccc(C(N)=NO)cc1)CC(C)(C)C. The Morgan fingerprint density at radius 1 is 1.30 bits per heavy atom. The second-order valence-electron chi connectivity index (χ2n) is 6.16. The number of amidine groups is 1. The maximum Gasteiger partial charge on any atom is 0.170 e. The molecule has 20 heavy (non-hydrogen) atoms. The molecule has 0 heterocycles. The molecular formula is C15H25N3O2. The first-order chi connectivity index (χ1) is 9.31. The Bertz CT molecular complexity index is 435. The van der Waals surface area contributed by atoms with Gasteiger partial charge >= 0.3 is 0 Å². The molecule has 0 aliphatic heterocycles. The van der Waals surface area contributed by atoms with E-state index in [1.807, 2.05) is 12.1 Å². The lowest BCUT2D eigenvalue weighted by molar-refractivity contribution is 0.188. The van der Waals surface area contributed by atoms with Crippen molar-refractivity contribution < 1.29 is 9.94 Å². The first kappa shape index (κ1) is 16.3. The van der Waals surface area contributed by atoms with Crippen molar-refractivity contribution in [3.63, 3.8) is 0 Å². The quantitative estimate of drug-likeness (QED) is 0.362. The van der Waals surface area contributed by atoms with Gasteiger partial charge in [-0.2, -0.15) is 0 Å². The lowest BCUT2D eigenvalue weighted by Gasteiger charge is -2.26. The van der Waals surface area contributed by atoms with E-state index in [4.69, 9.17) is 15.7 Å². The Morgan fingerprint density at radius 2 is 1.90 bits per heavy atom. The summed E-state index contributed by atoms with van der Waals surface area (Å²) in [7, 11) is 2.09. The summed E-state index contributed by atoms with van der Waals surface area (Å²) in [5.74, 6) is 0.880. The zero-order valence-electron chi connectivity index (χ0n) is 12.8. The van der Waals surface area contributed by atoms with Crippen LogP contribution in [0.15, 0.2) is 29.4 Å². The third-order valence-electron chi connectivity index (χ3n) is 2.74. The summed E-state index contributed by atoms with van der Waals surface area (Å²) in [4.78, 5) is 2.25. The first-order valence-electron chi connectivity index (χ1n) is 6.71. The van der Waals surface area contributed by atoms with E-state index in [1.165, 1.54) is 0 Å². The molecule has 3 N–H and O–H groups in total. The molecule has 0 aliphatic rings.